The number of hydrogen-bond donors (Lipinski definition) is 1. The minimum atomic E-state index is -0.463. The number of carbonyl (C=O) groups excluding carboxylic acids is 2. The van der Waals surface area contributed by atoms with Gasteiger partial charge in [0.15, 0.2) is 5.17 Å². The number of hydrogen-bond acceptors (Lipinski definition) is 7. The number of ether oxygens (including phenoxy) is 1. The zero-order chi connectivity index (χ0) is 20.9. The molecule has 1 aromatic carbocycles. The van der Waals surface area contributed by atoms with Crippen molar-refractivity contribution < 1.29 is 14.3 Å². The Bertz CT molecular complexity index is 793. The molecule has 0 aliphatic carbocycles. The first kappa shape index (κ1) is 21.3. The smallest absolute Gasteiger partial charge is 0.410 e. The van der Waals surface area contributed by atoms with Crippen LogP contribution < -0.4 is 5.32 Å². The average molecular weight is 418 g/mol. The van der Waals surface area contributed by atoms with E-state index in [1.54, 1.807) is 11.1 Å². The van der Waals surface area contributed by atoms with Crippen molar-refractivity contribution in [2.75, 3.05) is 31.9 Å². The highest BCUT2D eigenvalue weighted by Gasteiger charge is 2.25. The van der Waals surface area contributed by atoms with E-state index >= 15 is 0 Å². The molecule has 156 valence electrons. The topological polar surface area (TPSA) is 86.6 Å². The van der Waals surface area contributed by atoms with E-state index in [2.05, 4.69) is 32.6 Å². The fourth-order valence-corrected chi connectivity index (χ4v) is 3.54. The maximum absolute atomic E-state index is 12.1. The lowest BCUT2D eigenvalue weighted by molar-refractivity contribution is -0.116. The molecule has 29 heavy (non-hydrogen) atoms. The Balaban J connectivity index is 1.45. The molecule has 2 amide bonds. The third kappa shape index (κ3) is 6.86. The van der Waals surface area contributed by atoms with Crippen LogP contribution in [0.1, 0.15) is 31.9 Å². The normalized spacial score (nSPS) is 19.8. The van der Waals surface area contributed by atoms with E-state index in [1.165, 1.54) is 17.3 Å². The number of amidine groups is 1. The molecule has 2 heterocycles. The second-order valence-corrected chi connectivity index (χ2v) is 8.94. The van der Waals surface area contributed by atoms with Gasteiger partial charge in [-0.3, -0.25) is 9.69 Å². The number of nitrogens with zero attached hydrogens (tertiary/aromatic N) is 4. The van der Waals surface area contributed by atoms with Crippen molar-refractivity contribution in [3.63, 3.8) is 0 Å². The van der Waals surface area contributed by atoms with Crippen molar-refractivity contribution in [3.8, 4) is 0 Å². The predicted octanol–water partition coefficient (Wildman–Crippen LogP) is 2.29. The van der Waals surface area contributed by atoms with Gasteiger partial charge < -0.3 is 15.0 Å². The third-order valence-electron chi connectivity index (χ3n) is 4.35. The molecule has 0 aromatic heterocycles. The summed E-state index contributed by atoms with van der Waals surface area (Å²) < 4.78 is 5.44. The number of carbonyl (C=O) groups is 2. The van der Waals surface area contributed by atoms with Crippen molar-refractivity contribution in [1.82, 2.24) is 15.1 Å². The summed E-state index contributed by atoms with van der Waals surface area (Å²) in [4.78, 5) is 27.3. The summed E-state index contributed by atoms with van der Waals surface area (Å²) in [5, 5.41) is 11.2. The van der Waals surface area contributed by atoms with Gasteiger partial charge in [0.2, 0.25) is 5.91 Å². The molecular formula is C20H27N5O3S. The van der Waals surface area contributed by atoms with Crippen LogP contribution in [0.15, 0.2) is 34.5 Å². The third-order valence-corrected chi connectivity index (χ3v) is 5.22. The molecule has 2 aliphatic rings. The summed E-state index contributed by atoms with van der Waals surface area (Å²) in [6.45, 7) is 9.48. The Morgan fingerprint density at radius 2 is 1.90 bits per heavy atom. The first-order valence-corrected chi connectivity index (χ1v) is 10.6. The highest BCUT2D eigenvalue weighted by atomic mass is 32.2. The molecule has 1 aromatic rings. The number of amides is 2. The number of rotatable bonds is 4. The molecule has 0 bridgehead atoms. The lowest BCUT2D eigenvalue weighted by Crippen LogP contribution is -2.49. The fraction of sp³-hybridized carbons (Fsp3) is 0.500. The molecule has 8 nitrogen and oxygen atoms in total. The van der Waals surface area contributed by atoms with Crippen molar-refractivity contribution in [3.05, 3.63) is 35.4 Å². The van der Waals surface area contributed by atoms with Gasteiger partial charge in [-0.15, -0.1) is 5.10 Å². The van der Waals surface area contributed by atoms with Gasteiger partial charge in [-0.25, -0.2) is 4.79 Å². The molecule has 2 fully saturated rings. The van der Waals surface area contributed by atoms with Crippen LogP contribution >= 0.6 is 11.8 Å². The number of piperazine rings is 1. The second-order valence-electron chi connectivity index (χ2n) is 7.97. The highest BCUT2D eigenvalue weighted by Crippen LogP contribution is 2.14. The lowest BCUT2D eigenvalue weighted by atomic mass is 10.1. The van der Waals surface area contributed by atoms with Gasteiger partial charge >= 0.3 is 6.09 Å². The molecule has 0 radical (unpaired) electrons. The largest absolute Gasteiger partial charge is 0.444 e. The first-order valence-electron chi connectivity index (χ1n) is 9.61. The zero-order valence-corrected chi connectivity index (χ0v) is 17.9. The zero-order valence-electron chi connectivity index (χ0n) is 17.1. The van der Waals surface area contributed by atoms with E-state index in [4.69, 9.17) is 4.74 Å². The molecule has 1 N–H and O–H groups in total. The predicted molar refractivity (Wildman–Crippen MR) is 115 cm³/mol. The van der Waals surface area contributed by atoms with E-state index in [-0.39, 0.29) is 12.0 Å². The van der Waals surface area contributed by atoms with E-state index in [9.17, 15) is 9.59 Å². The first-order chi connectivity index (χ1) is 13.8. The van der Waals surface area contributed by atoms with Crippen LogP contribution in [-0.2, 0) is 16.1 Å². The summed E-state index contributed by atoms with van der Waals surface area (Å²) in [7, 11) is 0. The minimum Gasteiger partial charge on any atom is -0.444 e. The van der Waals surface area contributed by atoms with E-state index < -0.39 is 5.60 Å². The Morgan fingerprint density at radius 3 is 2.48 bits per heavy atom. The molecule has 3 rings (SSSR count). The fourth-order valence-electron chi connectivity index (χ4n) is 2.91. The second kappa shape index (κ2) is 9.41. The summed E-state index contributed by atoms with van der Waals surface area (Å²) >= 11 is 1.35. The van der Waals surface area contributed by atoms with E-state index in [1.807, 2.05) is 32.9 Å². The number of thioether (sulfide) groups is 1. The molecule has 0 unspecified atom stereocenters. The Kier molecular flexibility index (Phi) is 6.92. The lowest BCUT2D eigenvalue weighted by Gasteiger charge is -2.35. The average Bonchev–Trinajstić information content (AvgIpc) is 3.07. The van der Waals surface area contributed by atoms with Gasteiger partial charge in [0, 0.05) is 32.7 Å². The molecule has 2 aliphatic heterocycles. The molecule has 0 spiro atoms. The van der Waals surface area contributed by atoms with E-state index in [0.717, 1.165) is 25.2 Å². The molecule has 2 saturated heterocycles. The van der Waals surface area contributed by atoms with Crippen LogP contribution in [-0.4, -0.2) is 70.7 Å². The minimum absolute atomic E-state index is 0.0415. The van der Waals surface area contributed by atoms with Crippen LogP contribution in [0.3, 0.4) is 0 Å². The van der Waals surface area contributed by atoms with Gasteiger partial charge in [0.05, 0.1) is 12.0 Å². The van der Waals surface area contributed by atoms with Crippen molar-refractivity contribution in [2.24, 2.45) is 10.2 Å². The summed E-state index contributed by atoms with van der Waals surface area (Å²) in [6, 6.07) is 8.13. The Labute approximate surface area is 175 Å². The standard InChI is InChI=1S/C20H27N5O3S/c1-20(2,3)28-19(27)25-10-8-24(9-11-25)13-16-6-4-15(5-7-16)12-21-23-18-22-17(26)14-29-18/h4-7,12H,8-11,13-14H2,1-3H3,(H,22,23,26). The summed E-state index contributed by atoms with van der Waals surface area (Å²) in [6.07, 6.45) is 1.43. The molecule has 0 atom stereocenters. The quantitative estimate of drug-likeness (QED) is 0.600. The molecule has 0 saturated carbocycles. The maximum atomic E-state index is 12.1. The number of benzene rings is 1. The van der Waals surface area contributed by atoms with Crippen LogP contribution in [0.4, 0.5) is 4.79 Å². The van der Waals surface area contributed by atoms with Crippen LogP contribution in [0, 0.1) is 0 Å². The van der Waals surface area contributed by atoms with Crippen LogP contribution in [0.5, 0.6) is 0 Å². The van der Waals surface area contributed by atoms with Crippen molar-refractivity contribution in [2.45, 2.75) is 32.9 Å². The summed E-state index contributed by atoms with van der Waals surface area (Å²) in [5.74, 6) is 0.356. The van der Waals surface area contributed by atoms with Gasteiger partial charge in [-0.2, -0.15) is 5.10 Å². The van der Waals surface area contributed by atoms with Gasteiger partial charge in [-0.05, 0) is 31.9 Å². The van der Waals surface area contributed by atoms with Gasteiger partial charge in [-0.1, -0.05) is 36.0 Å². The van der Waals surface area contributed by atoms with Gasteiger partial charge in [0.1, 0.15) is 5.60 Å². The monoisotopic (exact) mass is 417 g/mol. The van der Waals surface area contributed by atoms with Crippen molar-refractivity contribution >= 4 is 35.1 Å². The molecular weight excluding hydrogens is 390 g/mol. The van der Waals surface area contributed by atoms with E-state index in [0.29, 0.717) is 24.0 Å². The number of nitrogens with one attached hydrogen (secondary N) is 1. The van der Waals surface area contributed by atoms with Crippen LogP contribution in [0.25, 0.3) is 0 Å². The highest BCUT2D eigenvalue weighted by molar-refractivity contribution is 8.15. The maximum Gasteiger partial charge on any atom is 0.410 e. The SMILES string of the molecule is CC(C)(C)OC(=O)N1CCN(Cc2ccc(C=NN=C3NC(=O)CS3)cc2)CC1. The van der Waals surface area contributed by atoms with Crippen LogP contribution in [0.2, 0.25) is 0 Å². The Hall–Kier alpha value is -2.39. The van der Waals surface area contributed by atoms with Crippen molar-refractivity contribution in [1.29, 1.82) is 0 Å². The van der Waals surface area contributed by atoms with Gasteiger partial charge in [0.25, 0.3) is 0 Å². The molecule has 9 heteroatoms. The Morgan fingerprint density at radius 1 is 1.21 bits per heavy atom. The summed E-state index contributed by atoms with van der Waals surface area (Å²) in [5.41, 5.74) is 1.69.